The minimum atomic E-state index is -0.0855. The lowest BCUT2D eigenvalue weighted by Gasteiger charge is -2.35. The average molecular weight is 478 g/mol. The zero-order chi connectivity index (χ0) is 21.1. The molecule has 2 aliphatic rings. The molecule has 1 saturated carbocycles. The molecule has 1 aliphatic heterocycles. The number of hydrogen-bond acceptors (Lipinski definition) is 5. The highest BCUT2D eigenvalue weighted by Gasteiger charge is 2.30. The summed E-state index contributed by atoms with van der Waals surface area (Å²) in [6.07, 6.45) is 4.78. The number of hydrogen-bond donors (Lipinski definition) is 0. The van der Waals surface area contributed by atoms with Crippen LogP contribution >= 0.6 is 15.9 Å². The fourth-order valence-corrected chi connectivity index (χ4v) is 4.67. The van der Waals surface area contributed by atoms with Crippen LogP contribution in [0.25, 0.3) is 17.0 Å². The van der Waals surface area contributed by atoms with E-state index in [9.17, 15) is 4.79 Å². The first kappa shape index (κ1) is 18.7. The minimum Gasteiger partial charge on any atom is -0.330 e. The van der Waals surface area contributed by atoms with Crippen molar-refractivity contribution < 1.29 is 4.79 Å². The third kappa shape index (κ3) is 3.15. The number of rotatable bonds is 3. The summed E-state index contributed by atoms with van der Waals surface area (Å²) in [5.41, 5.74) is 4.88. The first-order chi connectivity index (χ1) is 15.1. The minimum absolute atomic E-state index is 0.00804. The van der Waals surface area contributed by atoms with Gasteiger partial charge in [-0.1, -0.05) is 24.3 Å². The van der Waals surface area contributed by atoms with Crippen molar-refractivity contribution in [1.29, 1.82) is 0 Å². The summed E-state index contributed by atoms with van der Waals surface area (Å²) in [5.74, 6) is -0.0855. The van der Waals surface area contributed by atoms with Gasteiger partial charge in [-0.3, -0.25) is 4.79 Å². The maximum Gasteiger partial charge on any atom is 0.273 e. The fourth-order valence-electron chi connectivity index (χ4n) is 4.31. The van der Waals surface area contributed by atoms with Gasteiger partial charge >= 0.3 is 0 Å². The molecule has 1 aromatic carbocycles. The largest absolute Gasteiger partial charge is 0.330 e. The lowest BCUT2D eigenvalue weighted by Crippen LogP contribution is -2.39. The molecule has 156 valence electrons. The van der Waals surface area contributed by atoms with Gasteiger partial charge < -0.3 is 4.90 Å². The zero-order valence-corrected chi connectivity index (χ0v) is 18.5. The number of carbonyl (C=O) groups excluding carboxylic acids is 1. The van der Waals surface area contributed by atoms with Crippen LogP contribution in [0.3, 0.4) is 0 Å². The van der Waals surface area contributed by atoms with Crippen LogP contribution in [0.5, 0.6) is 0 Å². The van der Waals surface area contributed by atoms with Crippen LogP contribution < -0.4 is 0 Å². The number of carbonyl (C=O) groups is 1. The van der Waals surface area contributed by atoms with Crippen LogP contribution in [0.2, 0.25) is 0 Å². The summed E-state index contributed by atoms with van der Waals surface area (Å²) >= 11 is 3.43. The molecule has 0 spiro atoms. The van der Waals surface area contributed by atoms with Gasteiger partial charge in [0, 0.05) is 12.6 Å². The molecule has 1 aliphatic carbocycles. The van der Waals surface area contributed by atoms with Crippen molar-refractivity contribution >= 4 is 27.5 Å². The standard InChI is InChI=1S/C22H20BrN7O/c1-13-16-5-3-2-4-14(16)8-9-28(13)22(31)17-10-19(29-21(25-17)11-20(23)27-29)18-12-24-30(26-18)15-6-7-15/h2-5,10-13,15H,6-9H2,1H3/t13-/m1/s1. The molecule has 9 heteroatoms. The lowest BCUT2D eigenvalue weighted by molar-refractivity contribution is 0.0672. The molecule has 4 aromatic rings. The van der Waals surface area contributed by atoms with Crippen LogP contribution in [0.4, 0.5) is 0 Å². The van der Waals surface area contributed by atoms with Gasteiger partial charge in [0.2, 0.25) is 0 Å². The first-order valence-electron chi connectivity index (χ1n) is 10.5. The summed E-state index contributed by atoms with van der Waals surface area (Å²) in [7, 11) is 0. The maximum atomic E-state index is 13.6. The van der Waals surface area contributed by atoms with E-state index in [0.717, 1.165) is 19.3 Å². The molecule has 6 rings (SSSR count). The highest BCUT2D eigenvalue weighted by Crippen LogP contribution is 2.34. The number of fused-ring (bicyclic) bond motifs is 2. The highest BCUT2D eigenvalue weighted by molar-refractivity contribution is 9.10. The molecule has 0 radical (unpaired) electrons. The summed E-state index contributed by atoms with van der Waals surface area (Å²) in [5, 5.41) is 13.5. The molecule has 0 unspecified atom stereocenters. The van der Waals surface area contributed by atoms with Crippen LogP contribution in [0.15, 0.2) is 47.2 Å². The van der Waals surface area contributed by atoms with Crippen LogP contribution in [0, 0.1) is 0 Å². The molecule has 0 bridgehead atoms. The Bertz CT molecular complexity index is 1320. The van der Waals surface area contributed by atoms with E-state index in [4.69, 9.17) is 0 Å². The van der Waals surface area contributed by atoms with E-state index in [2.05, 4.69) is 61.3 Å². The Hall–Kier alpha value is -3.07. The molecular formula is C22H20BrN7O. The molecule has 3 aromatic heterocycles. The molecule has 31 heavy (non-hydrogen) atoms. The van der Waals surface area contributed by atoms with Crippen molar-refractivity contribution in [1.82, 2.24) is 34.5 Å². The van der Waals surface area contributed by atoms with E-state index < -0.39 is 0 Å². The third-order valence-corrected chi connectivity index (χ3v) is 6.50. The van der Waals surface area contributed by atoms with E-state index in [1.165, 1.54) is 11.1 Å². The quantitative estimate of drug-likeness (QED) is 0.447. The second kappa shape index (κ2) is 6.98. The molecule has 8 nitrogen and oxygen atoms in total. The van der Waals surface area contributed by atoms with E-state index in [-0.39, 0.29) is 11.9 Å². The molecular weight excluding hydrogens is 458 g/mol. The van der Waals surface area contributed by atoms with Gasteiger partial charge in [0.25, 0.3) is 5.91 Å². The fraction of sp³-hybridized carbons (Fsp3) is 0.318. The summed E-state index contributed by atoms with van der Waals surface area (Å²) in [6.45, 7) is 2.74. The number of halogens is 1. The highest BCUT2D eigenvalue weighted by atomic mass is 79.9. The van der Waals surface area contributed by atoms with Gasteiger partial charge in [-0.2, -0.15) is 20.1 Å². The molecule has 1 amide bonds. The van der Waals surface area contributed by atoms with Crippen LogP contribution in [-0.4, -0.2) is 46.9 Å². The number of nitrogens with zero attached hydrogens (tertiary/aromatic N) is 7. The van der Waals surface area contributed by atoms with Gasteiger partial charge in [-0.25, -0.2) is 9.50 Å². The molecule has 1 fully saturated rings. The normalized spacial score (nSPS) is 18.4. The van der Waals surface area contributed by atoms with Crippen LogP contribution in [0.1, 0.15) is 53.5 Å². The van der Waals surface area contributed by atoms with Gasteiger partial charge in [-0.15, -0.1) is 0 Å². The summed E-state index contributed by atoms with van der Waals surface area (Å²) < 4.78 is 2.36. The molecule has 4 heterocycles. The Morgan fingerprint density at radius 3 is 2.84 bits per heavy atom. The van der Waals surface area contributed by atoms with Gasteiger partial charge in [0.1, 0.15) is 16.0 Å². The van der Waals surface area contributed by atoms with Crippen molar-refractivity contribution in [2.45, 2.75) is 38.3 Å². The second-order valence-corrected chi connectivity index (χ2v) is 8.98. The third-order valence-electron chi connectivity index (χ3n) is 6.12. The average Bonchev–Trinajstić information content (AvgIpc) is 3.38. The topological polar surface area (TPSA) is 81.2 Å². The Morgan fingerprint density at radius 1 is 1.16 bits per heavy atom. The number of benzene rings is 1. The van der Waals surface area contributed by atoms with E-state index >= 15 is 0 Å². The van der Waals surface area contributed by atoms with E-state index in [1.807, 2.05) is 11.0 Å². The predicted octanol–water partition coefficient (Wildman–Crippen LogP) is 3.84. The Kier molecular flexibility index (Phi) is 4.21. The molecule has 0 saturated heterocycles. The Balaban J connectivity index is 1.42. The van der Waals surface area contributed by atoms with Crippen LogP contribution in [-0.2, 0) is 6.42 Å². The van der Waals surface area contributed by atoms with Gasteiger partial charge in [0.15, 0.2) is 5.65 Å². The van der Waals surface area contributed by atoms with E-state index in [0.29, 0.717) is 39.9 Å². The Morgan fingerprint density at radius 2 is 2.00 bits per heavy atom. The van der Waals surface area contributed by atoms with Gasteiger partial charge in [-0.05, 0) is 59.3 Å². The van der Waals surface area contributed by atoms with Crippen molar-refractivity contribution in [3.05, 3.63) is 64.0 Å². The molecule has 0 N–H and O–H groups in total. The van der Waals surface area contributed by atoms with Crippen molar-refractivity contribution in [3.63, 3.8) is 0 Å². The summed E-state index contributed by atoms with van der Waals surface area (Å²) in [6, 6.07) is 12.3. The number of amides is 1. The summed E-state index contributed by atoms with van der Waals surface area (Å²) in [4.78, 5) is 21.8. The Labute approximate surface area is 187 Å². The van der Waals surface area contributed by atoms with Crippen molar-refractivity contribution in [2.75, 3.05) is 6.54 Å². The van der Waals surface area contributed by atoms with Gasteiger partial charge in [0.05, 0.1) is 24.0 Å². The zero-order valence-electron chi connectivity index (χ0n) is 16.9. The van der Waals surface area contributed by atoms with E-state index in [1.54, 1.807) is 27.6 Å². The predicted molar refractivity (Wildman–Crippen MR) is 118 cm³/mol. The first-order valence-corrected chi connectivity index (χ1v) is 11.2. The smallest absolute Gasteiger partial charge is 0.273 e. The number of aromatic nitrogens is 6. The monoisotopic (exact) mass is 477 g/mol. The van der Waals surface area contributed by atoms with Crippen molar-refractivity contribution in [3.8, 4) is 11.4 Å². The molecule has 1 atom stereocenters. The van der Waals surface area contributed by atoms with Crippen molar-refractivity contribution in [2.24, 2.45) is 0 Å². The SMILES string of the molecule is C[C@@H]1c2ccccc2CCN1C(=O)c1cc(-c2cnn(C3CC3)n2)n2nc(Br)cc2n1. The maximum absolute atomic E-state index is 13.6. The lowest BCUT2D eigenvalue weighted by atomic mass is 9.93. The second-order valence-electron chi connectivity index (χ2n) is 8.17.